The Morgan fingerprint density at radius 3 is 2.36 bits per heavy atom. The monoisotopic (exact) mass is 210 g/mol. The third-order valence-corrected chi connectivity index (χ3v) is 6.33. The van der Waals surface area contributed by atoms with Crippen molar-refractivity contribution in [1.82, 2.24) is 0 Å². The largest absolute Gasteiger partial charge is 0.300 e. The van der Waals surface area contributed by atoms with E-state index in [1.54, 1.807) is 0 Å². The molecule has 0 unspecified atom stereocenters. The molecular weight excluding hydrogens is 188 g/mol. The number of rotatable bonds is 2. The van der Waals surface area contributed by atoms with Crippen LogP contribution in [0.15, 0.2) is 12.2 Å². The molecule has 0 aromatic heterocycles. The molecule has 2 heteroatoms. The molecule has 14 heavy (non-hydrogen) atoms. The first-order valence-electron chi connectivity index (χ1n) is 5.48. The van der Waals surface area contributed by atoms with Gasteiger partial charge in [-0.05, 0) is 24.8 Å². The smallest absolute Gasteiger partial charge is 0.133 e. The molecule has 1 rings (SSSR count). The predicted molar refractivity (Wildman–Crippen MR) is 64.3 cm³/mol. The summed E-state index contributed by atoms with van der Waals surface area (Å²) >= 11 is 0. The average molecular weight is 210 g/mol. The van der Waals surface area contributed by atoms with Crippen molar-refractivity contribution in [1.29, 1.82) is 0 Å². The average Bonchev–Trinajstić information content (AvgIpc) is 2.01. The first-order chi connectivity index (χ1) is 6.30. The zero-order valence-corrected chi connectivity index (χ0v) is 10.9. The van der Waals surface area contributed by atoms with Crippen molar-refractivity contribution >= 4 is 13.9 Å². The summed E-state index contributed by atoms with van der Waals surface area (Å²) < 4.78 is 0. The Hall–Kier alpha value is -0.373. The molecule has 1 fully saturated rings. The first kappa shape index (κ1) is 11.7. The van der Waals surface area contributed by atoms with Crippen molar-refractivity contribution < 1.29 is 4.79 Å². The molecular formula is C12H22OSi. The Balaban J connectivity index is 2.73. The van der Waals surface area contributed by atoms with Gasteiger partial charge in [0.05, 0.1) is 0 Å². The second-order valence-electron chi connectivity index (χ2n) is 5.79. The van der Waals surface area contributed by atoms with Gasteiger partial charge >= 0.3 is 0 Å². The van der Waals surface area contributed by atoms with E-state index in [2.05, 4.69) is 33.1 Å². The quantitative estimate of drug-likeness (QED) is 0.502. The van der Waals surface area contributed by atoms with Gasteiger partial charge in [0, 0.05) is 20.9 Å². The Bertz CT molecular complexity index is 250. The summed E-state index contributed by atoms with van der Waals surface area (Å²) in [7, 11) is -1.15. The maximum Gasteiger partial charge on any atom is 0.133 e. The molecule has 0 bridgehead atoms. The number of ketones is 1. The normalized spacial score (nSPS) is 29.0. The molecule has 0 radical (unpaired) electrons. The van der Waals surface area contributed by atoms with E-state index in [1.165, 1.54) is 12.0 Å². The maximum absolute atomic E-state index is 11.6. The van der Waals surface area contributed by atoms with Crippen LogP contribution in [0.4, 0.5) is 0 Å². The minimum Gasteiger partial charge on any atom is -0.300 e. The molecule has 0 aromatic carbocycles. The Morgan fingerprint density at radius 1 is 1.36 bits per heavy atom. The number of allylic oxidation sites excluding steroid dienone is 1. The van der Waals surface area contributed by atoms with Gasteiger partial charge in [0.2, 0.25) is 0 Å². The van der Waals surface area contributed by atoms with Gasteiger partial charge in [-0.15, -0.1) is 0 Å². The molecule has 0 N–H and O–H groups in total. The molecule has 0 aromatic rings. The highest BCUT2D eigenvalue weighted by Crippen LogP contribution is 2.40. The molecule has 1 aliphatic rings. The lowest BCUT2D eigenvalue weighted by molar-refractivity contribution is -0.121. The lowest BCUT2D eigenvalue weighted by atomic mass is 9.84. The SMILES string of the molecule is C=C(C)[C@@H]1CC(=O)C[C@@H]([Si](C)(C)C)C1. The van der Waals surface area contributed by atoms with Gasteiger partial charge in [0.1, 0.15) is 5.78 Å². The van der Waals surface area contributed by atoms with E-state index >= 15 is 0 Å². The highest BCUT2D eigenvalue weighted by atomic mass is 28.3. The lowest BCUT2D eigenvalue weighted by Gasteiger charge is -2.36. The lowest BCUT2D eigenvalue weighted by Crippen LogP contribution is -2.35. The Kier molecular flexibility index (Phi) is 3.35. The molecule has 1 aliphatic carbocycles. The van der Waals surface area contributed by atoms with Gasteiger partial charge in [-0.1, -0.05) is 31.8 Å². The van der Waals surface area contributed by atoms with Crippen LogP contribution in [0.5, 0.6) is 0 Å². The molecule has 1 saturated carbocycles. The van der Waals surface area contributed by atoms with E-state index in [-0.39, 0.29) is 0 Å². The highest BCUT2D eigenvalue weighted by Gasteiger charge is 2.35. The minimum absolute atomic E-state index is 0.455. The van der Waals surface area contributed by atoms with E-state index in [4.69, 9.17) is 0 Å². The van der Waals surface area contributed by atoms with Crippen molar-refractivity contribution in [2.75, 3.05) is 0 Å². The summed E-state index contributed by atoms with van der Waals surface area (Å²) in [5.74, 6) is 0.921. The summed E-state index contributed by atoms with van der Waals surface area (Å²) in [6, 6.07) is 0. The zero-order valence-electron chi connectivity index (χ0n) is 9.89. The van der Waals surface area contributed by atoms with Crippen LogP contribution in [0.3, 0.4) is 0 Å². The van der Waals surface area contributed by atoms with Gasteiger partial charge in [-0.3, -0.25) is 4.79 Å². The van der Waals surface area contributed by atoms with Gasteiger partial charge in [0.15, 0.2) is 0 Å². The summed E-state index contributed by atoms with van der Waals surface area (Å²) in [6.07, 6.45) is 2.78. The van der Waals surface area contributed by atoms with Gasteiger partial charge in [-0.25, -0.2) is 0 Å². The van der Waals surface area contributed by atoms with Gasteiger partial charge < -0.3 is 0 Å². The number of hydrogen-bond donors (Lipinski definition) is 0. The number of carbonyl (C=O) groups excluding carboxylic acids is 1. The molecule has 0 amide bonds. The van der Waals surface area contributed by atoms with Crippen molar-refractivity contribution in [2.45, 2.75) is 51.4 Å². The summed E-state index contributed by atoms with van der Waals surface area (Å²) in [5, 5.41) is 0. The van der Waals surface area contributed by atoms with Crippen molar-refractivity contribution in [2.24, 2.45) is 5.92 Å². The molecule has 1 nitrogen and oxygen atoms in total. The third-order valence-electron chi connectivity index (χ3n) is 3.44. The van der Waals surface area contributed by atoms with E-state index in [9.17, 15) is 4.79 Å². The van der Waals surface area contributed by atoms with Crippen molar-refractivity contribution in [3.05, 3.63) is 12.2 Å². The summed E-state index contributed by atoms with van der Waals surface area (Å²) in [5.41, 5.74) is 1.87. The van der Waals surface area contributed by atoms with Crippen LogP contribution >= 0.6 is 0 Å². The Morgan fingerprint density at radius 2 is 1.93 bits per heavy atom. The fourth-order valence-corrected chi connectivity index (χ4v) is 4.01. The minimum atomic E-state index is -1.15. The second-order valence-corrected chi connectivity index (χ2v) is 11.3. The third kappa shape index (κ3) is 2.81. The number of hydrogen-bond acceptors (Lipinski definition) is 1. The van der Waals surface area contributed by atoms with Crippen LogP contribution in [0.1, 0.15) is 26.2 Å². The fourth-order valence-electron chi connectivity index (χ4n) is 2.18. The molecule has 2 atom stereocenters. The van der Waals surface area contributed by atoms with Crippen LogP contribution in [0, 0.1) is 5.92 Å². The number of Topliss-reactive ketones (excluding diaryl/α,β-unsaturated/α-hetero) is 1. The first-order valence-corrected chi connectivity index (χ1v) is 9.05. The Labute approximate surface area is 88.6 Å². The summed E-state index contributed by atoms with van der Waals surface area (Å²) in [4.78, 5) is 11.6. The van der Waals surface area contributed by atoms with Gasteiger partial charge in [-0.2, -0.15) is 0 Å². The molecule has 0 spiro atoms. The van der Waals surface area contributed by atoms with Crippen molar-refractivity contribution in [3.8, 4) is 0 Å². The molecule has 0 saturated heterocycles. The topological polar surface area (TPSA) is 17.1 Å². The molecule has 0 heterocycles. The highest BCUT2D eigenvalue weighted by molar-refractivity contribution is 6.77. The van der Waals surface area contributed by atoms with E-state index in [1.807, 2.05) is 0 Å². The van der Waals surface area contributed by atoms with E-state index in [0.717, 1.165) is 12.8 Å². The zero-order chi connectivity index (χ0) is 10.9. The standard InChI is InChI=1S/C12H22OSi/c1-9(2)10-6-11(13)8-12(7-10)14(3,4)5/h10,12H,1,6-8H2,2-5H3/t10-,12+/m1/s1. The maximum atomic E-state index is 11.6. The second kappa shape index (κ2) is 4.01. The molecule has 0 aliphatic heterocycles. The molecule has 80 valence electrons. The number of carbonyl (C=O) groups is 1. The van der Waals surface area contributed by atoms with Crippen LogP contribution in [-0.4, -0.2) is 13.9 Å². The van der Waals surface area contributed by atoms with Gasteiger partial charge in [0.25, 0.3) is 0 Å². The predicted octanol–water partition coefficient (Wildman–Crippen LogP) is 3.64. The fraction of sp³-hybridized carbons (Fsp3) is 0.750. The van der Waals surface area contributed by atoms with Crippen LogP contribution in [-0.2, 0) is 4.79 Å². The van der Waals surface area contributed by atoms with Crippen LogP contribution in [0.25, 0.3) is 0 Å². The van der Waals surface area contributed by atoms with Crippen LogP contribution < -0.4 is 0 Å². The van der Waals surface area contributed by atoms with E-state index in [0.29, 0.717) is 17.2 Å². The summed E-state index contributed by atoms with van der Waals surface area (Å²) in [6.45, 7) is 13.2. The van der Waals surface area contributed by atoms with Crippen molar-refractivity contribution in [3.63, 3.8) is 0 Å². The van der Waals surface area contributed by atoms with E-state index < -0.39 is 8.07 Å². The van der Waals surface area contributed by atoms with Crippen LogP contribution in [0.2, 0.25) is 25.2 Å².